The van der Waals surface area contributed by atoms with E-state index >= 15 is 0 Å². The Hall–Kier alpha value is -4.46. The van der Waals surface area contributed by atoms with Crippen molar-refractivity contribution in [2.45, 2.75) is 0 Å². The summed E-state index contributed by atoms with van der Waals surface area (Å²) in [5, 5.41) is 8.47. The van der Waals surface area contributed by atoms with Crippen LogP contribution in [0.5, 0.6) is 0 Å². The number of fused-ring (bicyclic) bond motifs is 2. The van der Waals surface area contributed by atoms with Crippen LogP contribution in [0.2, 0.25) is 0 Å². The molecule has 8 heteroatoms. The number of pyridine rings is 4. The maximum absolute atomic E-state index is 4.83. The van der Waals surface area contributed by atoms with Gasteiger partial charge in [0.05, 0.1) is 28.6 Å². The van der Waals surface area contributed by atoms with Gasteiger partial charge in [0.15, 0.2) is 5.82 Å². The predicted molar refractivity (Wildman–Crippen MR) is 113 cm³/mol. The summed E-state index contributed by atoms with van der Waals surface area (Å²) >= 11 is 0. The Morgan fingerprint density at radius 1 is 0.733 bits per heavy atom. The highest BCUT2D eigenvalue weighted by atomic mass is 15.1. The Morgan fingerprint density at radius 3 is 2.53 bits per heavy atom. The summed E-state index contributed by atoms with van der Waals surface area (Å²) in [6.45, 7) is 0. The van der Waals surface area contributed by atoms with Crippen molar-refractivity contribution in [2.75, 3.05) is 0 Å². The molecule has 0 aliphatic heterocycles. The molecule has 0 fully saturated rings. The van der Waals surface area contributed by atoms with Gasteiger partial charge in [0.1, 0.15) is 11.2 Å². The largest absolute Gasteiger partial charge is 0.336 e. The second kappa shape index (κ2) is 6.56. The Kier molecular flexibility index (Phi) is 3.60. The van der Waals surface area contributed by atoms with Crippen LogP contribution >= 0.6 is 0 Å². The van der Waals surface area contributed by atoms with Gasteiger partial charge in [-0.3, -0.25) is 25.0 Å². The molecule has 0 bridgehead atoms. The Morgan fingerprint density at radius 2 is 1.67 bits per heavy atom. The topological polar surface area (TPSA) is 109 Å². The van der Waals surface area contributed by atoms with Crippen molar-refractivity contribution in [1.82, 2.24) is 40.1 Å². The standard InChI is InChI=1S/C22H14N8/c1-2-14(11-24-6-1)17-10-15-18(12-26-17)29-30-20(15)22-27-16-5-9-25-19(21(16)28-22)13-3-7-23-8-4-13/h1-12H,(H,27,28)(H,29,30). The molecule has 0 aliphatic rings. The maximum atomic E-state index is 4.83. The molecule has 6 aromatic rings. The highest BCUT2D eigenvalue weighted by Crippen LogP contribution is 2.31. The lowest BCUT2D eigenvalue weighted by molar-refractivity contribution is 1.10. The quantitative estimate of drug-likeness (QED) is 0.472. The van der Waals surface area contributed by atoms with Gasteiger partial charge in [-0.15, -0.1) is 0 Å². The van der Waals surface area contributed by atoms with E-state index < -0.39 is 0 Å². The van der Waals surface area contributed by atoms with Crippen LogP contribution in [0.3, 0.4) is 0 Å². The van der Waals surface area contributed by atoms with E-state index in [2.05, 4.69) is 35.1 Å². The molecular formula is C22H14N8. The fourth-order valence-corrected chi connectivity index (χ4v) is 3.54. The van der Waals surface area contributed by atoms with Crippen molar-refractivity contribution in [3.63, 3.8) is 0 Å². The number of rotatable bonds is 3. The molecule has 0 radical (unpaired) electrons. The zero-order valence-corrected chi connectivity index (χ0v) is 15.6. The van der Waals surface area contributed by atoms with E-state index in [1.165, 1.54) is 0 Å². The van der Waals surface area contributed by atoms with Crippen molar-refractivity contribution in [3.05, 3.63) is 73.6 Å². The number of nitrogens with one attached hydrogen (secondary N) is 2. The first-order valence-electron chi connectivity index (χ1n) is 9.37. The monoisotopic (exact) mass is 390 g/mol. The summed E-state index contributed by atoms with van der Waals surface area (Å²) in [6.07, 6.45) is 10.6. The molecule has 6 aromatic heterocycles. The minimum absolute atomic E-state index is 0.669. The van der Waals surface area contributed by atoms with E-state index in [9.17, 15) is 0 Å². The zero-order chi connectivity index (χ0) is 19.9. The maximum Gasteiger partial charge on any atom is 0.159 e. The Balaban J connectivity index is 1.52. The van der Waals surface area contributed by atoms with Crippen LogP contribution in [-0.2, 0) is 0 Å². The van der Waals surface area contributed by atoms with Gasteiger partial charge in [-0.1, -0.05) is 0 Å². The third-order valence-corrected chi connectivity index (χ3v) is 4.98. The van der Waals surface area contributed by atoms with Gasteiger partial charge in [0.2, 0.25) is 0 Å². The summed E-state index contributed by atoms with van der Waals surface area (Å²) in [6, 6.07) is 11.6. The van der Waals surface area contributed by atoms with Gasteiger partial charge in [-0.2, -0.15) is 5.10 Å². The lowest BCUT2D eigenvalue weighted by Crippen LogP contribution is -1.86. The molecular weight excluding hydrogens is 376 g/mol. The molecule has 0 amide bonds. The fourth-order valence-electron chi connectivity index (χ4n) is 3.54. The van der Waals surface area contributed by atoms with Gasteiger partial charge < -0.3 is 4.98 Å². The van der Waals surface area contributed by atoms with E-state index in [1.54, 1.807) is 37.2 Å². The SMILES string of the molecule is c1cncc(-c2cc3c(-c4nc5c(-c6ccncc6)nccc5[nH]4)n[nH]c3cn2)c1. The molecule has 142 valence electrons. The number of aromatic amines is 2. The number of hydrogen-bond donors (Lipinski definition) is 2. The predicted octanol–water partition coefficient (Wildman–Crippen LogP) is 4.02. The fraction of sp³-hybridized carbons (Fsp3) is 0. The van der Waals surface area contributed by atoms with Gasteiger partial charge in [0, 0.05) is 47.5 Å². The number of aromatic nitrogens is 8. The van der Waals surface area contributed by atoms with Crippen LogP contribution in [0.15, 0.2) is 73.6 Å². The molecule has 6 heterocycles. The van der Waals surface area contributed by atoms with Crippen LogP contribution < -0.4 is 0 Å². The van der Waals surface area contributed by atoms with Crippen molar-refractivity contribution in [3.8, 4) is 34.0 Å². The lowest BCUT2D eigenvalue weighted by Gasteiger charge is -2.00. The van der Waals surface area contributed by atoms with E-state index in [0.717, 1.165) is 50.1 Å². The number of nitrogens with zero attached hydrogens (tertiary/aromatic N) is 6. The van der Waals surface area contributed by atoms with Crippen LogP contribution in [0.25, 0.3) is 56.0 Å². The van der Waals surface area contributed by atoms with Crippen molar-refractivity contribution >= 4 is 21.9 Å². The minimum Gasteiger partial charge on any atom is -0.336 e. The Bertz CT molecular complexity index is 1490. The summed E-state index contributed by atoms with van der Waals surface area (Å²) in [4.78, 5) is 25.5. The first-order valence-corrected chi connectivity index (χ1v) is 9.37. The summed E-state index contributed by atoms with van der Waals surface area (Å²) in [5.74, 6) is 0.669. The molecule has 0 atom stereocenters. The minimum atomic E-state index is 0.669. The highest BCUT2D eigenvalue weighted by Gasteiger charge is 2.16. The Labute approximate surface area is 170 Å². The van der Waals surface area contributed by atoms with Crippen molar-refractivity contribution < 1.29 is 0 Å². The second-order valence-corrected chi connectivity index (χ2v) is 6.81. The van der Waals surface area contributed by atoms with Crippen molar-refractivity contribution in [1.29, 1.82) is 0 Å². The number of imidazole rings is 1. The third kappa shape index (κ3) is 2.62. The number of hydrogen-bond acceptors (Lipinski definition) is 6. The van der Waals surface area contributed by atoms with Crippen LogP contribution in [0, 0.1) is 0 Å². The molecule has 0 aliphatic carbocycles. The first kappa shape index (κ1) is 16.5. The van der Waals surface area contributed by atoms with E-state index in [-0.39, 0.29) is 0 Å². The average Bonchev–Trinajstić information content (AvgIpc) is 3.43. The molecule has 0 saturated carbocycles. The molecule has 6 rings (SSSR count). The van der Waals surface area contributed by atoms with Gasteiger partial charge in [-0.05, 0) is 36.4 Å². The third-order valence-electron chi connectivity index (χ3n) is 4.98. The summed E-state index contributed by atoms with van der Waals surface area (Å²) in [5.41, 5.74) is 6.79. The molecule has 0 spiro atoms. The number of H-pyrrole nitrogens is 2. The molecule has 0 saturated heterocycles. The normalized spacial score (nSPS) is 11.3. The lowest BCUT2D eigenvalue weighted by atomic mass is 10.1. The second-order valence-electron chi connectivity index (χ2n) is 6.81. The van der Waals surface area contributed by atoms with Crippen LogP contribution in [-0.4, -0.2) is 40.1 Å². The van der Waals surface area contributed by atoms with Crippen LogP contribution in [0.1, 0.15) is 0 Å². The zero-order valence-electron chi connectivity index (χ0n) is 15.6. The molecule has 8 nitrogen and oxygen atoms in total. The van der Waals surface area contributed by atoms with Crippen LogP contribution in [0.4, 0.5) is 0 Å². The molecule has 2 N–H and O–H groups in total. The van der Waals surface area contributed by atoms with Gasteiger partial charge in [-0.25, -0.2) is 4.98 Å². The summed E-state index contributed by atoms with van der Waals surface area (Å²) < 4.78 is 0. The van der Waals surface area contributed by atoms with E-state index in [0.29, 0.717) is 5.82 Å². The average molecular weight is 390 g/mol. The smallest absolute Gasteiger partial charge is 0.159 e. The molecule has 0 unspecified atom stereocenters. The van der Waals surface area contributed by atoms with Gasteiger partial charge >= 0.3 is 0 Å². The van der Waals surface area contributed by atoms with Crippen molar-refractivity contribution in [2.24, 2.45) is 0 Å². The molecule has 0 aromatic carbocycles. The first-order chi connectivity index (χ1) is 14.9. The van der Waals surface area contributed by atoms with Gasteiger partial charge in [0.25, 0.3) is 0 Å². The van der Waals surface area contributed by atoms with E-state index in [4.69, 9.17) is 4.98 Å². The molecule has 30 heavy (non-hydrogen) atoms. The summed E-state index contributed by atoms with van der Waals surface area (Å²) in [7, 11) is 0. The highest BCUT2D eigenvalue weighted by molar-refractivity contribution is 5.96. The van der Waals surface area contributed by atoms with E-state index in [1.807, 2.05) is 36.4 Å².